The Hall–Kier alpha value is -2.03. The van der Waals surface area contributed by atoms with Crippen LogP contribution in [-0.4, -0.2) is 11.6 Å². The predicted octanol–water partition coefficient (Wildman–Crippen LogP) is 3.87. The maximum Gasteiger partial charge on any atom is 0.308 e. The number of rotatable bonds is 1. The number of carbonyl (C=O) groups is 1. The summed E-state index contributed by atoms with van der Waals surface area (Å²) in [5.74, 6) is 1.25. The number of carbonyl (C=O) groups excluding carboxylic acids is 1. The van der Waals surface area contributed by atoms with Gasteiger partial charge in [0.25, 0.3) is 0 Å². The van der Waals surface area contributed by atoms with Crippen molar-refractivity contribution in [2.45, 2.75) is 39.2 Å². The summed E-state index contributed by atoms with van der Waals surface area (Å²) >= 11 is 0. The Morgan fingerprint density at radius 2 is 1.95 bits per heavy atom. The van der Waals surface area contributed by atoms with Crippen molar-refractivity contribution in [2.75, 3.05) is 0 Å². The predicted molar refractivity (Wildman–Crippen MR) is 78.3 cm³/mol. The minimum Gasteiger partial charge on any atom is -0.487 e. The lowest BCUT2D eigenvalue weighted by Crippen LogP contribution is -2.32. The van der Waals surface area contributed by atoms with Gasteiger partial charge in [-0.1, -0.05) is 24.3 Å². The number of fused-ring (bicyclic) bond motifs is 3. The van der Waals surface area contributed by atoms with E-state index in [2.05, 4.69) is 13.8 Å². The summed E-state index contributed by atoms with van der Waals surface area (Å²) in [5, 5.41) is 1.92. The molecule has 0 bridgehead atoms. The molecule has 2 aromatic carbocycles. The fraction of sp³-hybridized carbons (Fsp3) is 0.353. The standard InChI is InChI=1S/C17H18O3/c1-11(18)19-15-10-12-8-9-17(2,3)20-16(12)14-7-5-4-6-13(14)15/h4-7,10H,8-9H2,1-3H3. The molecule has 3 nitrogen and oxygen atoms in total. The average Bonchev–Trinajstić information content (AvgIpc) is 2.39. The van der Waals surface area contributed by atoms with Crippen molar-refractivity contribution >= 4 is 16.7 Å². The topological polar surface area (TPSA) is 35.5 Å². The van der Waals surface area contributed by atoms with Crippen LogP contribution in [-0.2, 0) is 11.2 Å². The molecule has 1 aliphatic heterocycles. The van der Waals surface area contributed by atoms with E-state index in [0.29, 0.717) is 5.75 Å². The largest absolute Gasteiger partial charge is 0.487 e. The van der Waals surface area contributed by atoms with Crippen LogP contribution in [0, 0.1) is 0 Å². The van der Waals surface area contributed by atoms with E-state index in [4.69, 9.17) is 9.47 Å². The Kier molecular flexibility index (Phi) is 2.93. The molecule has 0 aromatic heterocycles. The molecule has 1 aliphatic rings. The fourth-order valence-electron chi connectivity index (χ4n) is 2.68. The molecule has 3 rings (SSSR count). The van der Waals surface area contributed by atoms with E-state index in [0.717, 1.165) is 34.9 Å². The highest BCUT2D eigenvalue weighted by Gasteiger charge is 2.29. The van der Waals surface area contributed by atoms with Crippen molar-refractivity contribution in [1.82, 2.24) is 0 Å². The Morgan fingerprint density at radius 3 is 2.65 bits per heavy atom. The molecule has 3 heteroatoms. The van der Waals surface area contributed by atoms with E-state index in [1.807, 2.05) is 30.3 Å². The maximum absolute atomic E-state index is 11.3. The summed E-state index contributed by atoms with van der Waals surface area (Å²) in [6.45, 7) is 5.63. The van der Waals surface area contributed by atoms with Gasteiger partial charge in [-0.15, -0.1) is 0 Å². The van der Waals surface area contributed by atoms with Crippen LogP contribution >= 0.6 is 0 Å². The van der Waals surface area contributed by atoms with Crippen LogP contribution in [0.2, 0.25) is 0 Å². The Labute approximate surface area is 118 Å². The molecule has 20 heavy (non-hydrogen) atoms. The maximum atomic E-state index is 11.3. The Balaban J connectivity index is 2.23. The molecular weight excluding hydrogens is 252 g/mol. The minimum absolute atomic E-state index is 0.154. The molecule has 0 atom stereocenters. The third kappa shape index (κ3) is 2.24. The number of ether oxygens (including phenoxy) is 2. The molecule has 0 amide bonds. The first-order valence-electron chi connectivity index (χ1n) is 6.88. The van der Waals surface area contributed by atoms with Crippen molar-refractivity contribution < 1.29 is 14.3 Å². The molecule has 104 valence electrons. The van der Waals surface area contributed by atoms with Crippen molar-refractivity contribution in [3.63, 3.8) is 0 Å². The van der Waals surface area contributed by atoms with E-state index in [1.54, 1.807) is 0 Å². The van der Waals surface area contributed by atoms with Gasteiger partial charge in [0, 0.05) is 17.7 Å². The van der Waals surface area contributed by atoms with E-state index < -0.39 is 0 Å². The third-order valence-corrected chi connectivity index (χ3v) is 3.66. The number of aryl methyl sites for hydroxylation is 1. The first kappa shape index (κ1) is 13.0. The van der Waals surface area contributed by atoms with Gasteiger partial charge in [0.2, 0.25) is 0 Å². The van der Waals surface area contributed by atoms with E-state index in [1.165, 1.54) is 6.92 Å². The highest BCUT2D eigenvalue weighted by atomic mass is 16.5. The molecule has 2 aromatic rings. The molecule has 0 saturated heterocycles. The van der Waals surface area contributed by atoms with Crippen LogP contribution in [0.15, 0.2) is 30.3 Å². The lowest BCUT2D eigenvalue weighted by atomic mass is 9.92. The lowest BCUT2D eigenvalue weighted by molar-refractivity contribution is -0.131. The molecule has 0 fully saturated rings. The molecule has 0 unspecified atom stereocenters. The Bertz CT molecular complexity index is 686. The van der Waals surface area contributed by atoms with Gasteiger partial charge in [0.05, 0.1) is 0 Å². The first-order chi connectivity index (χ1) is 9.46. The molecule has 0 N–H and O–H groups in total. The zero-order valence-electron chi connectivity index (χ0n) is 12.0. The summed E-state index contributed by atoms with van der Waals surface area (Å²) in [5.41, 5.74) is 0.956. The van der Waals surface area contributed by atoms with Gasteiger partial charge in [-0.25, -0.2) is 0 Å². The molecule has 0 aliphatic carbocycles. The van der Waals surface area contributed by atoms with E-state index in [-0.39, 0.29) is 11.6 Å². The zero-order chi connectivity index (χ0) is 14.3. The number of hydrogen-bond acceptors (Lipinski definition) is 3. The second-order valence-corrected chi connectivity index (χ2v) is 5.86. The molecular formula is C17H18O3. The number of benzene rings is 2. The van der Waals surface area contributed by atoms with Crippen molar-refractivity contribution in [1.29, 1.82) is 0 Å². The number of hydrogen-bond donors (Lipinski definition) is 0. The average molecular weight is 270 g/mol. The first-order valence-corrected chi connectivity index (χ1v) is 6.88. The van der Waals surface area contributed by atoms with Gasteiger partial charge in [0.1, 0.15) is 17.1 Å². The summed E-state index contributed by atoms with van der Waals surface area (Å²) in [7, 11) is 0. The highest BCUT2D eigenvalue weighted by Crippen LogP contribution is 2.42. The lowest BCUT2D eigenvalue weighted by Gasteiger charge is -2.33. The van der Waals surface area contributed by atoms with Crippen LogP contribution in [0.5, 0.6) is 11.5 Å². The van der Waals surface area contributed by atoms with Crippen LogP contribution in [0.1, 0.15) is 32.8 Å². The van der Waals surface area contributed by atoms with Gasteiger partial charge in [-0.3, -0.25) is 4.79 Å². The minimum atomic E-state index is -0.299. The quantitative estimate of drug-likeness (QED) is 0.583. The molecule has 1 heterocycles. The second kappa shape index (κ2) is 4.51. The molecule has 0 saturated carbocycles. The second-order valence-electron chi connectivity index (χ2n) is 5.86. The SMILES string of the molecule is CC(=O)Oc1cc2c(c3ccccc13)OC(C)(C)CC2. The van der Waals surface area contributed by atoms with E-state index in [9.17, 15) is 4.79 Å². The zero-order valence-corrected chi connectivity index (χ0v) is 12.0. The van der Waals surface area contributed by atoms with Crippen LogP contribution in [0.4, 0.5) is 0 Å². The van der Waals surface area contributed by atoms with Crippen molar-refractivity contribution in [2.24, 2.45) is 0 Å². The molecule has 0 spiro atoms. The van der Waals surface area contributed by atoms with Gasteiger partial charge in [-0.2, -0.15) is 0 Å². The van der Waals surface area contributed by atoms with Crippen molar-refractivity contribution in [3.8, 4) is 11.5 Å². The Morgan fingerprint density at radius 1 is 1.25 bits per heavy atom. The van der Waals surface area contributed by atoms with Gasteiger partial charge in [0.15, 0.2) is 0 Å². The summed E-state index contributed by atoms with van der Waals surface area (Å²) in [4.78, 5) is 11.3. The smallest absolute Gasteiger partial charge is 0.308 e. The van der Waals surface area contributed by atoms with E-state index >= 15 is 0 Å². The van der Waals surface area contributed by atoms with Crippen LogP contribution in [0.25, 0.3) is 10.8 Å². The van der Waals surface area contributed by atoms with Gasteiger partial charge >= 0.3 is 5.97 Å². The van der Waals surface area contributed by atoms with Crippen LogP contribution < -0.4 is 9.47 Å². The monoisotopic (exact) mass is 270 g/mol. The van der Waals surface area contributed by atoms with Crippen molar-refractivity contribution in [3.05, 3.63) is 35.9 Å². The normalized spacial score (nSPS) is 16.4. The summed E-state index contributed by atoms with van der Waals surface area (Å²) in [6, 6.07) is 9.83. The fourth-order valence-corrected chi connectivity index (χ4v) is 2.68. The van der Waals surface area contributed by atoms with Gasteiger partial charge < -0.3 is 9.47 Å². The highest BCUT2D eigenvalue weighted by molar-refractivity contribution is 5.96. The van der Waals surface area contributed by atoms with Gasteiger partial charge in [-0.05, 0) is 38.3 Å². The molecule has 0 radical (unpaired) electrons. The number of esters is 1. The summed E-state index contributed by atoms with van der Waals surface area (Å²) in [6.07, 6.45) is 1.89. The summed E-state index contributed by atoms with van der Waals surface area (Å²) < 4.78 is 11.5. The third-order valence-electron chi connectivity index (χ3n) is 3.66. The van der Waals surface area contributed by atoms with Crippen LogP contribution in [0.3, 0.4) is 0 Å².